The Bertz CT molecular complexity index is 737. The number of hydrogen-bond acceptors (Lipinski definition) is 5. The first-order valence-corrected chi connectivity index (χ1v) is 8.03. The molecule has 4 rings (SSSR count). The fourth-order valence-corrected chi connectivity index (χ4v) is 3.21. The number of benzene rings is 1. The van der Waals surface area contributed by atoms with Crippen molar-refractivity contribution < 1.29 is 8.83 Å². The molecule has 0 N–H and O–H groups in total. The number of furan rings is 1. The van der Waals surface area contributed by atoms with Gasteiger partial charge in [0, 0.05) is 6.04 Å². The zero-order valence-electron chi connectivity index (χ0n) is 12.9. The molecule has 1 fully saturated rings. The van der Waals surface area contributed by atoms with Gasteiger partial charge in [0.25, 0.3) is 5.89 Å². The third-order valence-corrected chi connectivity index (χ3v) is 4.35. The number of nitrogens with zero attached hydrogens (tertiary/aromatic N) is 3. The van der Waals surface area contributed by atoms with Crippen LogP contribution in [0, 0.1) is 0 Å². The molecule has 0 aliphatic carbocycles. The summed E-state index contributed by atoms with van der Waals surface area (Å²) in [6.45, 7) is 1.78. The van der Waals surface area contributed by atoms with Crippen molar-refractivity contribution >= 4 is 0 Å². The average molecular weight is 309 g/mol. The highest BCUT2D eigenvalue weighted by atomic mass is 16.4. The van der Waals surface area contributed by atoms with E-state index in [4.69, 9.17) is 8.83 Å². The predicted molar refractivity (Wildman–Crippen MR) is 85.6 cm³/mol. The maximum atomic E-state index is 5.73. The topological polar surface area (TPSA) is 55.3 Å². The molecular formula is C18H19N3O2. The second-order valence-corrected chi connectivity index (χ2v) is 5.93. The van der Waals surface area contributed by atoms with Crippen molar-refractivity contribution in [2.24, 2.45) is 0 Å². The Morgan fingerprint density at radius 2 is 2.00 bits per heavy atom. The monoisotopic (exact) mass is 309 g/mol. The van der Waals surface area contributed by atoms with E-state index in [0.29, 0.717) is 30.1 Å². The van der Waals surface area contributed by atoms with E-state index in [-0.39, 0.29) is 0 Å². The van der Waals surface area contributed by atoms with Gasteiger partial charge in [-0.25, -0.2) is 0 Å². The van der Waals surface area contributed by atoms with E-state index in [1.807, 2.05) is 12.1 Å². The third-order valence-electron chi connectivity index (χ3n) is 4.35. The standard InChI is InChI=1S/C18H19N3O2/c1-2-6-14(7-3-1)12-15-8-4-10-21(15)13-17-19-20-18(23-17)16-9-5-11-22-16/h1-3,5-7,9,11,15H,4,8,10,12-13H2/t15-/m0/s1. The summed E-state index contributed by atoms with van der Waals surface area (Å²) >= 11 is 0. The van der Waals surface area contributed by atoms with Gasteiger partial charge in [-0.3, -0.25) is 4.90 Å². The lowest BCUT2D eigenvalue weighted by molar-refractivity contribution is 0.220. The number of likely N-dealkylation sites (tertiary alicyclic amines) is 1. The summed E-state index contributed by atoms with van der Waals surface area (Å²) in [6.07, 6.45) is 5.11. The average Bonchev–Trinajstić information content (AvgIpc) is 3.31. The minimum atomic E-state index is 0.448. The maximum absolute atomic E-state index is 5.73. The summed E-state index contributed by atoms with van der Waals surface area (Å²) in [5, 5.41) is 8.23. The lowest BCUT2D eigenvalue weighted by Crippen LogP contribution is -2.30. The second-order valence-electron chi connectivity index (χ2n) is 5.93. The van der Waals surface area contributed by atoms with E-state index in [9.17, 15) is 0 Å². The normalized spacial score (nSPS) is 18.5. The first-order valence-electron chi connectivity index (χ1n) is 8.03. The molecule has 23 heavy (non-hydrogen) atoms. The lowest BCUT2D eigenvalue weighted by atomic mass is 10.0. The molecule has 5 heteroatoms. The molecule has 1 aliphatic rings. The van der Waals surface area contributed by atoms with Crippen LogP contribution in [0.4, 0.5) is 0 Å². The fourth-order valence-electron chi connectivity index (χ4n) is 3.21. The van der Waals surface area contributed by atoms with Crippen molar-refractivity contribution in [3.8, 4) is 11.7 Å². The summed E-state index contributed by atoms with van der Waals surface area (Å²) in [7, 11) is 0. The van der Waals surface area contributed by atoms with Crippen LogP contribution in [0.2, 0.25) is 0 Å². The van der Waals surface area contributed by atoms with Crippen LogP contribution in [-0.4, -0.2) is 27.7 Å². The Morgan fingerprint density at radius 3 is 2.83 bits per heavy atom. The maximum Gasteiger partial charge on any atom is 0.283 e. The smallest absolute Gasteiger partial charge is 0.283 e. The van der Waals surface area contributed by atoms with Crippen molar-refractivity contribution in [1.82, 2.24) is 15.1 Å². The van der Waals surface area contributed by atoms with Crippen LogP contribution in [0.5, 0.6) is 0 Å². The van der Waals surface area contributed by atoms with Gasteiger partial charge < -0.3 is 8.83 Å². The molecule has 1 aromatic carbocycles. The highest BCUT2D eigenvalue weighted by Crippen LogP contribution is 2.24. The molecule has 2 aromatic heterocycles. The largest absolute Gasteiger partial charge is 0.459 e. The van der Waals surface area contributed by atoms with Gasteiger partial charge in [-0.15, -0.1) is 10.2 Å². The Morgan fingerprint density at radius 1 is 1.09 bits per heavy atom. The summed E-state index contributed by atoms with van der Waals surface area (Å²) in [5.74, 6) is 1.71. The van der Waals surface area contributed by atoms with Crippen molar-refractivity contribution in [2.45, 2.75) is 31.8 Å². The number of hydrogen-bond donors (Lipinski definition) is 0. The molecule has 0 bridgehead atoms. The molecule has 0 amide bonds. The fraction of sp³-hybridized carbons (Fsp3) is 0.333. The van der Waals surface area contributed by atoms with Gasteiger partial charge in [0.2, 0.25) is 5.89 Å². The van der Waals surface area contributed by atoms with Crippen LogP contribution in [-0.2, 0) is 13.0 Å². The van der Waals surface area contributed by atoms with E-state index in [1.54, 1.807) is 6.26 Å². The first kappa shape index (κ1) is 14.2. The Labute approximate surface area is 134 Å². The zero-order valence-corrected chi connectivity index (χ0v) is 12.9. The molecule has 1 atom stereocenters. The van der Waals surface area contributed by atoms with Gasteiger partial charge in [0.15, 0.2) is 5.76 Å². The minimum absolute atomic E-state index is 0.448. The Kier molecular flexibility index (Phi) is 3.94. The molecule has 0 spiro atoms. The Balaban J connectivity index is 1.43. The summed E-state index contributed by atoms with van der Waals surface area (Å²) in [4.78, 5) is 2.44. The number of rotatable bonds is 5. The van der Waals surface area contributed by atoms with Crippen LogP contribution in [0.1, 0.15) is 24.3 Å². The minimum Gasteiger partial charge on any atom is -0.459 e. The van der Waals surface area contributed by atoms with Crippen LogP contribution < -0.4 is 0 Å². The highest BCUT2D eigenvalue weighted by Gasteiger charge is 2.26. The van der Waals surface area contributed by atoms with Gasteiger partial charge in [0.1, 0.15) is 0 Å². The summed E-state index contributed by atoms with van der Waals surface area (Å²) in [5.41, 5.74) is 1.38. The molecule has 5 nitrogen and oxygen atoms in total. The van der Waals surface area contributed by atoms with E-state index < -0.39 is 0 Å². The van der Waals surface area contributed by atoms with E-state index in [0.717, 1.165) is 13.0 Å². The molecule has 0 saturated carbocycles. The van der Waals surface area contributed by atoms with Crippen molar-refractivity contribution in [3.63, 3.8) is 0 Å². The zero-order chi connectivity index (χ0) is 15.5. The molecular weight excluding hydrogens is 290 g/mol. The van der Waals surface area contributed by atoms with Crippen molar-refractivity contribution in [2.75, 3.05) is 6.54 Å². The van der Waals surface area contributed by atoms with E-state index >= 15 is 0 Å². The van der Waals surface area contributed by atoms with Gasteiger partial charge in [-0.1, -0.05) is 30.3 Å². The van der Waals surface area contributed by atoms with Gasteiger partial charge in [-0.05, 0) is 43.5 Å². The molecule has 1 aliphatic heterocycles. The molecule has 3 aromatic rings. The van der Waals surface area contributed by atoms with Crippen molar-refractivity contribution in [1.29, 1.82) is 0 Å². The van der Waals surface area contributed by atoms with Gasteiger partial charge in [-0.2, -0.15) is 0 Å². The van der Waals surface area contributed by atoms with Gasteiger partial charge >= 0.3 is 0 Å². The van der Waals surface area contributed by atoms with Crippen molar-refractivity contribution in [3.05, 3.63) is 60.2 Å². The number of aromatic nitrogens is 2. The third kappa shape index (κ3) is 3.19. The van der Waals surface area contributed by atoms with Gasteiger partial charge in [0.05, 0.1) is 12.8 Å². The predicted octanol–water partition coefficient (Wildman–Crippen LogP) is 3.54. The molecule has 3 heterocycles. The molecule has 118 valence electrons. The Hall–Kier alpha value is -2.40. The van der Waals surface area contributed by atoms with Crippen LogP contribution in [0.25, 0.3) is 11.7 Å². The quantitative estimate of drug-likeness (QED) is 0.721. The summed E-state index contributed by atoms with van der Waals surface area (Å²) in [6, 6.07) is 14.8. The molecule has 0 radical (unpaired) electrons. The van der Waals surface area contributed by atoms with E-state index in [2.05, 4.69) is 45.4 Å². The lowest BCUT2D eigenvalue weighted by Gasteiger charge is -2.22. The van der Waals surface area contributed by atoms with E-state index in [1.165, 1.54) is 18.4 Å². The first-order chi connectivity index (χ1) is 11.4. The molecule has 1 saturated heterocycles. The van der Waals surface area contributed by atoms with Crippen LogP contribution in [0.15, 0.2) is 57.6 Å². The highest BCUT2D eigenvalue weighted by molar-refractivity contribution is 5.42. The second kappa shape index (κ2) is 6.38. The van der Waals surface area contributed by atoms with Crippen LogP contribution >= 0.6 is 0 Å². The SMILES string of the molecule is c1ccc(C[C@@H]2CCCN2Cc2nnc(-c3ccco3)o2)cc1. The summed E-state index contributed by atoms with van der Waals surface area (Å²) < 4.78 is 11.0. The van der Waals surface area contributed by atoms with Crippen LogP contribution in [0.3, 0.4) is 0 Å². The molecule has 0 unspecified atom stereocenters.